The molecule has 1 heterocycles. The highest BCUT2D eigenvalue weighted by Crippen LogP contribution is 2.34. The van der Waals surface area contributed by atoms with E-state index in [2.05, 4.69) is 15.5 Å². The SMILES string of the molecule is CC(C)(C)C(NC(=O)[C@H](CC1CCCC1)CN(O)C=O)c1noc(-c2ccccc2)n1. The molecule has 0 bridgehead atoms. The molecule has 1 unspecified atom stereocenters. The zero-order chi connectivity index (χ0) is 22.4. The summed E-state index contributed by atoms with van der Waals surface area (Å²) >= 11 is 0. The average molecular weight is 429 g/mol. The Morgan fingerprint density at radius 1 is 1.29 bits per heavy atom. The zero-order valence-corrected chi connectivity index (χ0v) is 18.5. The minimum Gasteiger partial charge on any atom is -0.345 e. The molecule has 168 valence electrons. The standard InChI is InChI=1S/C23H32N4O4/c1-23(2,3)19(20-25-22(31-26-20)17-11-5-4-6-12-17)24-21(29)18(14-27(30)15-28)13-16-9-7-8-10-16/h4-6,11-12,15-16,18-19,30H,7-10,13-14H2,1-3H3,(H,24,29)/t18-,19?/m1/s1. The summed E-state index contributed by atoms with van der Waals surface area (Å²) in [7, 11) is 0. The van der Waals surface area contributed by atoms with Crippen molar-refractivity contribution >= 4 is 12.3 Å². The van der Waals surface area contributed by atoms with Gasteiger partial charge in [0.15, 0.2) is 5.82 Å². The van der Waals surface area contributed by atoms with E-state index in [9.17, 15) is 14.8 Å². The molecule has 3 rings (SSSR count). The van der Waals surface area contributed by atoms with Crippen molar-refractivity contribution in [2.75, 3.05) is 6.54 Å². The van der Waals surface area contributed by atoms with Gasteiger partial charge in [-0.25, -0.2) is 5.06 Å². The van der Waals surface area contributed by atoms with E-state index in [4.69, 9.17) is 4.52 Å². The fourth-order valence-corrected chi connectivity index (χ4v) is 4.16. The molecule has 1 aromatic carbocycles. The molecule has 2 amide bonds. The first-order chi connectivity index (χ1) is 14.8. The van der Waals surface area contributed by atoms with Crippen LogP contribution in [0.25, 0.3) is 11.5 Å². The van der Waals surface area contributed by atoms with Gasteiger partial charge in [-0.15, -0.1) is 0 Å². The van der Waals surface area contributed by atoms with E-state index >= 15 is 0 Å². The molecular formula is C23H32N4O4. The van der Waals surface area contributed by atoms with Gasteiger partial charge >= 0.3 is 0 Å². The lowest BCUT2D eigenvalue weighted by molar-refractivity contribution is -0.155. The molecule has 1 saturated carbocycles. The summed E-state index contributed by atoms with van der Waals surface area (Å²) in [5, 5.41) is 17.5. The summed E-state index contributed by atoms with van der Waals surface area (Å²) in [5.74, 6) is 0.487. The highest BCUT2D eigenvalue weighted by Gasteiger charge is 2.35. The number of hydrogen-bond acceptors (Lipinski definition) is 6. The van der Waals surface area contributed by atoms with Gasteiger partial charge in [0.1, 0.15) is 0 Å². The Labute approximate surface area is 183 Å². The molecular weight excluding hydrogens is 396 g/mol. The highest BCUT2D eigenvalue weighted by atomic mass is 16.5. The van der Waals surface area contributed by atoms with E-state index < -0.39 is 12.0 Å². The Hall–Kier alpha value is -2.74. The predicted molar refractivity (Wildman–Crippen MR) is 115 cm³/mol. The molecule has 1 aromatic heterocycles. The van der Waals surface area contributed by atoms with E-state index in [0.29, 0.717) is 35.5 Å². The molecule has 0 spiro atoms. The number of amides is 2. The number of rotatable bonds is 9. The second-order valence-electron chi connectivity index (χ2n) is 9.44. The summed E-state index contributed by atoms with van der Waals surface area (Å²) in [4.78, 5) is 28.7. The van der Waals surface area contributed by atoms with Gasteiger partial charge in [0, 0.05) is 5.56 Å². The monoisotopic (exact) mass is 428 g/mol. The third kappa shape index (κ3) is 6.13. The number of hydroxylamine groups is 2. The summed E-state index contributed by atoms with van der Waals surface area (Å²) in [6, 6.07) is 8.97. The van der Waals surface area contributed by atoms with Crippen molar-refractivity contribution in [3.63, 3.8) is 0 Å². The summed E-state index contributed by atoms with van der Waals surface area (Å²) in [6.45, 7) is 5.94. The lowest BCUT2D eigenvalue weighted by atomic mass is 9.85. The molecule has 31 heavy (non-hydrogen) atoms. The van der Waals surface area contributed by atoms with Crippen LogP contribution in [-0.4, -0.2) is 39.3 Å². The molecule has 2 aromatic rings. The van der Waals surface area contributed by atoms with Crippen LogP contribution in [0.5, 0.6) is 0 Å². The average Bonchev–Trinajstić information content (AvgIpc) is 3.43. The van der Waals surface area contributed by atoms with Gasteiger partial charge < -0.3 is 9.84 Å². The van der Waals surface area contributed by atoms with Crippen LogP contribution in [0.4, 0.5) is 0 Å². The van der Waals surface area contributed by atoms with Gasteiger partial charge in [0.25, 0.3) is 5.89 Å². The molecule has 0 radical (unpaired) electrons. The van der Waals surface area contributed by atoms with Crippen LogP contribution in [-0.2, 0) is 9.59 Å². The van der Waals surface area contributed by atoms with Crippen molar-refractivity contribution in [1.29, 1.82) is 0 Å². The number of nitrogens with one attached hydrogen (secondary N) is 1. The number of aromatic nitrogens is 2. The van der Waals surface area contributed by atoms with E-state index in [1.165, 1.54) is 0 Å². The number of nitrogens with zero attached hydrogens (tertiary/aromatic N) is 3. The lowest BCUT2D eigenvalue weighted by Crippen LogP contribution is -2.43. The molecule has 8 nitrogen and oxygen atoms in total. The van der Waals surface area contributed by atoms with Crippen molar-refractivity contribution < 1.29 is 19.3 Å². The van der Waals surface area contributed by atoms with Crippen molar-refractivity contribution in [1.82, 2.24) is 20.5 Å². The molecule has 2 N–H and O–H groups in total. The van der Waals surface area contributed by atoms with Crippen LogP contribution in [0, 0.1) is 17.3 Å². The molecule has 1 aliphatic rings. The van der Waals surface area contributed by atoms with E-state index in [-0.39, 0.29) is 17.9 Å². The number of carbonyl (C=O) groups is 2. The fourth-order valence-electron chi connectivity index (χ4n) is 4.16. The molecule has 1 fully saturated rings. The fraction of sp³-hybridized carbons (Fsp3) is 0.565. The van der Waals surface area contributed by atoms with Crippen molar-refractivity contribution in [2.24, 2.45) is 17.3 Å². The number of benzene rings is 1. The Morgan fingerprint density at radius 2 is 1.97 bits per heavy atom. The first kappa shape index (κ1) is 22.9. The lowest BCUT2D eigenvalue weighted by Gasteiger charge is -2.31. The van der Waals surface area contributed by atoms with E-state index in [1.54, 1.807) is 0 Å². The predicted octanol–water partition coefficient (Wildman–Crippen LogP) is 3.98. The first-order valence-electron chi connectivity index (χ1n) is 10.9. The van der Waals surface area contributed by atoms with Crippen molar-refractivity contribution in [3.05, 3.63) is 36.2 Å². The number of hydrogen-bond donors (Lipinski definition) is 2. The maximum atomic E-state index is 13.2. The van der Waals surface area contributed by atoms with Gasteiger partial charge in [-0.05, 0) is 29.9 Å². The minimum absolute atomic E-state index is 0.0375. The normalized spacial score (nSPS) is 16.6. The first-order valence-corrected chi connectivity index (χ1v) is 10.9. The van der Waals surface area contributed by atoms with Gasteiger partial charge in [0.2, 0.25) is 12.3 Å². The highest BCUT2D eigenvalue weighted by molar-refractivity contribution is 5.79. The topological polar surface area (TPSA) is 109 Å². The molecule has 1 aliphatic carbocycles. The molecule has 8 heteroatoms. The maximum Gasteiger partial charge on any atom is 0.257 e. The Morgan fingerprint density at radius 3 is 2.58 bits per heavy atom. The van der Waals surface area contributed by atoms with E-state index in [1.807, 2.05) is 51.1 Å². The Kier molecular flexibility index (Phi) is 7.43. The van der Waals surface area contributed by atoms with Crippen LogP contribution in [0.1, 0.15) is 64.7 Å². The molecule has 0 aliphatic heterocycles. The van der Waals surface area contributed by atoms with Gasteiger partial charge in [0.05, 0.1) is 18.5 Å². The summed E-state index contributed by atoms with van der Waals surface area (Å²) in [5.41, 5.74) is 0.427. The summed E-state index contributed by atoms with van der Waals surface area (Å²) < 4.78 is 5.45. The summed E-state index contributed by atoms with van der Waals surface area (Å²) in [6.07, 6.45) is 5.43. The van der Waals surface area contributed by atoms with Crippen LogP contribution in [0.2, 0.25) is 0 Å². The zero-order valence-electron chi connectivity index (χ0n) is 18.5. The van der Waals surface area contributed by atoms with Gasteiger partial charge in [-0.3, -0.25) is 14.8 Å². The van der Waals surface area contributed by atoms with Crippen molar-refractivity contribution in [3.8, 4) is 11.5 Å². The molecule has 0 saturated heterocycles. The quantitative estimate of drug-likeness (QED) is 0.355. The Bertz CT molecular complexity index is 856. The van der Waals surface area contributed by atoms with Crippen molar-refractivity contribution in [2.45, 2.75) is 58.9 Å². The van der Waals surface area contributed by atoms with Crippen LogP contribution < -0.4 is 5.32 Å². The van der Waals surface area contributed by atoms with E-state index in [0.717, 1.165) is 31.2 Å². The Balaban J connectivity index is 1.79. The van der Waals surface area contributed by atoms with Crippen LogP contribution in [0.15, 0.2) is 34.9 Å². The van der Waals surface area contributed by atoms with Gasteiger partial charge in [-0.1, -0.05) is 69.8 Å². The van der Waals surface area contributed by atoms with Gasteiger partial charge in [-0.2, -0.15) is 4.98 Å². The second kappa shape index (κ2) is 10.0. The van der Waals surface area contributed by atoms with Crippen LogP contribution >= 0.6 is 0 Å². The maximum absolute atomic E-state index is 13.2. The van der Waals surface area contributed by atoms with Crippen LogP contribution in [0.3, 0.4) is 0 Å². The smallest absolute Gasteiger partial charge is 0.257 e. The third-order valence-corrected chi connectivity index (χ3v) is 5.87. The molecule has 2 atom stereocenters. The largest absolute Gasteiger partial charge is 0.345 e. The minimum atomic E-state index is -0.511. The number of carbonyl (C=O) groups excluding carboxylic acids is 2. The second-order valence-corrected chi connectivity index (χ2v) is 9.44. The third-order valence-electron chi connectivity index (χ3n) is 5.87.